The Labute approximate surface area is 71.3 Å². The summed E-state index contributed by atoms with van der Waals surface area (Å²) < 4.78 is 4.32. The van der Waals surface area contributed by atoms with Crippen LogP contribution in [-0.2, 0) is 4.74 Å². The SMILES string of the molecule is COC(=O)NCCCC(O)CO. The third kappa shape index (κ3) is 5.94. The van der Waals surface area contributed by atoms with Crippen LogP contribution >= 0.6 is 0 Å². The van der Waals surface area contributed by atoms with Crippen molar-refractivity contribution in [3.05, 3.63) is 0 Å². The number of nitrogens with one attached hydrogen (secondary N) is 1. The van der Waals surface area contributed by atoms with Gasteiger partial charge in [-0.2, -0.15) is 0 Å². The van der Waals surface area contributed by atoms with Crippen LogP contribution < -0.4 is 5.32 Å². The minimum Gasteiger partial charge on any atom is -0.453 e. The summed E-state index contributed by atoms with van der Waals surface area (Å²) in [6.45, 7) is 0.210. The summed E-state index contributed by atoms with van der Waals surface area (Å²) in [5, 5.41) is 19.8. The normalized spacial score (nSPS) is 12.2. The number of aliphatic hydroxyl groups excluding tert-OH is 2. The van der Waals surface area contributed by atoms with Crippen LogP contribution in [0.3, 0.4) is 0 Å². The molecule has 0 aromatic heterocycles. The Kier molecular flexibility index (Phi) is 6.41. The second kappa shape index (κ2) is 6.87. The van der Waals surface area contributed by atoms with Crippen molar-refractivity contribution in [2.45, 2.75) is 18.9 Å². The molecule has 0 rings (SSSR count). The van der Waals surface area contributed by atoms with Gasteiger partial charge in [0.25, 0.3) is 0 Å². The molecule has 0 aliphatic carbocycles. The number of alkyl carbamates (subject to hydrolysis) is 1. The largest absolute Gasteiger partial charge is 0.453 e. The Hall–Kier alpha value is -0.810. The van der Waals surface area contributed by atoms with Crippen LogP contribution in [0.4, 0.5) is 4.79 Å². The standard InChI is InChI=1S/C7H15NO4/c1-12-7(11)8-4-2-3-6(10)5-9/h6,9-10H,2-5H2,1H3,(H,8,11). The van der Waals surface area contributed by atoms with Crippen LogP contribution in [0, 0.1) is 0 Å². The quantitative estimate of drug-likeness (QED) is 0.493. The van der Waals surface area contributed by atoms with Crippen molar-refractivity contribution in [3.63, 3.8) is 0 Å². The van der Waals surface area contributed by atoms with Crippen LogP contribution in [0.25, 0.3) is 0 Å². The maximum absolute atomic E-state index is 10.5. The molecule has 12 heavy (non-hydrogen) atoms. The Morgan fingerprint density at radius 2 is 2.33 bits per heavy atom. The topological polar surface area (TPSA) is 78.8 Å². The van der Waals surface area contributed by atoms with E-state index in [1.165, 1.54) is 7.11 Å². The van der Waals surface area contributed by atoms with Gasteiger partial charge in [0.1, 0.15) is 0 Å². The van der Waals surface area contributed by atoms with Crippen molar-refractivity contribution in [2.75, 3.05) is 20.3 Å². The number of carbonyl (C=O) groups excluding carboxylic acids is 1. The van der Waals surface area contributed by atoms with Gasteiger partial charge in [0.2, 0.25) is 0 Å². The van der Waals surface area contributed by atoms with Crippen LogP contribution in [-0.4, -0.2) is 42.7 Å². The lowest BCUT2D eigenvalue weighted by atomic mass is 10.2. The number of hydrogen-bond acceptors (Lipinski definition) is 4. The van der Waals surface area contributed by atoms with Gasteiger partial charge in [-0.25, -0.2) is 4.79 Å². The molecule has 1 amide bonds. The zero-order valence-corrected chi connectivity index (χ0v) is 7.12. The highest BCUT2D eigenvalue weighted by molar-refractivity contribution is 5.66. The third-order valence-corrected chi connectivity index (χ3v) is 1.38. The maximum atomic E-state index is 10.5. The van der Waals surface area contributed by atoms with Gasteiger partial charge in [-0.3, -0.25) is 0 Å². The first-order valence-corrected chi connectivity index (χ1v) is 3.81. The number of hydrogen-bond donors (Lipinski definition) is 3. The summed E-state index contributed by atoms with van der Waals surface area (Å²) in [4.78, 5) is 10.5. The monoisotopic (exact) mass is 177 g/mol. The predicted octanol–water partition coefficient (Wildman–Crippen LogP) is -0.524. The van der Waals surface area contributed by atoms with Gasteiger partial charge >= 0.3 is 6.09 Å². The highest BCUT2D eigenvalue weighted by Gasteiger charge is 2.01. The van der Waals surface area contributed by atoms with Crippen molar-refractivity contribution in [1.82, 2.24) is 5.32 Å². The third-order valence-electron chi connectivity index (χ3n) is 1.38. The van der Waals surface area contributed by atoms with Gasteiger partial charge < -0.3 is 20.3 Å². The average Bonchev–Trinajstić information content (AvgIpc) is 2.11. The Balaban J connectivity index is 3.15. The van der Waals surface area contributed by atoms with Gasteiger partial charge in [-0.15, -0.1) is 0 Å². The minimum atomic E-state index is -0.690. The van der Waals surface area contributed by atoms with Crippen molar-refractivity contribution in [3.8, 4) is 0 Å². The van der Waals surface area contributed by atoms with E-state index in [2.05, 4.69) is 10.1 Å². The first kappa shape index (κ1) is 11.2. The van der Waals surface area contributed by atoms with Gasteiger partial charge in [0.15, 0.2) is 0 Å². The molecule has 5 nitrogen and oxygen atoms in total. The van der Waals surface area contributed by atoms with Crippen LogP contribution in [0.5, 0.6) is 0 Å². The zero-order valence-electron chi connectivity index (χ0n) is 7.12. The second-order valence-electron chi connectivity index (χ2n) is 2.40. The van der Waals surface area contributed by atoms with Gasteiger partial charge in [-0.1, -0.05) is 0 Å². The number of amides is 1. The Morgan fingerprint density at radius 3 is 2.83 bits per heavy atom. The van der Waals surface area contributed by atoms with E-state index in [0.29, 0.717) is 19.4 Å². The Morgan fingerprint density at radius 1 is 1.67 bits per heavy atom. The molecule has 0 spiro atoms. The van der Waals surface area contributed by atoms with E-state index in [1.807, 2.05) is 0 Å². The summed E-state index contributed by atoms with van der Waals surface area (Å²) in [6.07, 6.45) is -0.0740. The summed E-state index contributed by atoms with van der Waals surface area (Å²) in [6, 6.07) is 0. The number of rotatable bonds is 5. The van der Waals surface area contributed by atoms with E-state index < -0.39 is 12.2 Å². The number of ether oxygens (including phenoxy) is 1. The van der Waals surface area contributed by atoms with Crippen LogP contribution in [0.1, 0.15) is 12.8 Å². The predicted molar refractivity (Wildman–Crippen MR) is 42.7 cm³/mol. The molecular formula is C7H15NO4. The van der Waals surface area contributed by atoms with Gasteiger partial charge in [0.05, 0.1) is 19.8 Å². The number of carbonyl (C=O) groups is 1. The average molecular weight is 177 g/mol. The molecular weight excluding hydrogens is 162 g/mol. The molecule has 72 valence electrons. The highest BCUT2D eigenvalue weighted by Crippen LogP contribution is 1.93. The van der Waals surface area contributed by atoms with Crippen molar-refractivity contribution >= 4 is 6.09 Å². The summed E-state index contributed by atoms with van der Waals surface area (Å²) >= 11 is 0. The lowest BCUT2D eigenvalue weighted by Gasteiger charge is -2.06. The van der Waals surface area contributed by atoms with E-state index in [1.54, 1.807) is 0 Å². The highest BCUT2D eigenvalue weighted by atomic mass is 16.5. The second-order valence-corrected chi connectivity index (χ2v) is 2.40. The molecule has 0 fully saturated rings. The molecule has 0 aliphatic heterocycles. The van der Waals surface area contributed by atoms with E-state index in [9.17, 15) is 4.79 Å². The molecule has 5 heteroatoms. The maximum Gasteiger partial charge on any atom is 0.406 e. The fourth-order valence-electron chi connectivity index (χ4n) is 0.692. The van der Waals surface area contributed by atoms with Gasteiger partial charge in [-0.05, 0) is 12.8 Å². The van der Waals surface area contributed by atoms with Crippen molar-refractivity contribution < 1.29 is 19.7 Å². The van der Waals surface area contributed by atoms with Crippen LogP contribution in [0.15, 0.2) is 0 Å². The van der Waals surface area contributed by atoms with E-state index >= 15 is 0 Å². The number of aliphatic hydroxyl groups is 2. The molecule has 0 saturated heterocycles. The molecule has 0 aromatic rings. The van der Waals surface area contributed by atoms with E-state index in [0.717, 1.165) is 0 Å². The van der Waals surface area contributed by atoms with E-state index in [4.69, 9.17) is 10.2 Å². The number of methoxy groups -OCH3 is 1. The molecule has 0 aromatic carbocycles. The molecule has 0 radical (unpaired) electrons. The molecule has 0 aliphatic rings. The molecule has 0 heterocycles. The fourth-order valence-corrected chi connectivity index (χ4v) is 0.692. The fraction of sp³-hybridized carbons (Fsp3) is 0.857. The smallest absolute Gasteiger partial charge is 0.406 e. The first-order valence-electron chi connectivity index (χ1n) is 3.81. The molecule has 0 bridgehead atoms. The molecule has 3 N–H and O–H groups in total. The molecule has 1 unspecified atom stereocenters. The van der Waals surface area contributed by atoms with Crippen molar-refractivity contribution in [1.29, 1.82) is 0 Å². The Bertz CT molecular complexity index is 129. The zero-order chi connectivity index (χ0) is 9.40. The minimum absolute atomic E-state index is 0.238. The molecule has 0 saturated carbocycles. The lowest BCUT2D eigenvalue weighted by Crippen LogP contribution is -2.25. The molecule has 1 atom stereocenters. The first-order chi connectivity index (χ1) is 5.70. The van der Waals surface area contributed by atoms with Gasteiger partial charge in [0, 0.05) is 6.54 Å². The summed E-state index contributed by atoms with van der Waals surface area (Å²) in [5.41, 5.74) is 0. The van der Waals surface area contributed by atoms with Crippen LogP contribution in [0.2, 0.25) is 0 Å². The van der Waals surface area contributed by atoms with Crippen molar-refractivity contribution in [2.24, 2.45) is 0 Å². The summed E-state index contributed by atoms with van der Waals surface area (Å²) in [5.74, 6) is 0. The van der Waals surface area contributed by atoms with E-state index in [-0.39, 0.29) is 6.61 Å². The summed E-state index contributed by atoms with van der Waals surface area (Å²) in [7, 11) is 1.29. The lowest BCUT2D eigenvalue weighted by molar-refractivity contribution is 0.0864.